The fourth-order valence-corrected chi connectivity index (χ4v) is 3.08. The molecule has 0 aliphatic carbocycles. The van der Waals surface area contributed by atoms with Crippen molar-refractivity contribution in [3.8, 4) is 5.75 Å². The largest absolute Gasteiger partial charge is 0.497 e. The van der Waals surface area contributed by atoms with Crippen molar-refractivity contribution in [1.82, 2.24) is 0 Å². The molecule has 2 aromatic carbocycles. The lowest BCUT2D eigenvalue weighted by atomic mass is 10.2. The Kier molecular flexibility index (Phi) is 4.45. The van der Waals surface area contributed by atoms with Crippen LogP contribution in [0.1, 0.15) is 5.56 Å². The van der Waals surface area contributed by atoms with Gasteiger partial charge in [-0.05, 0) is 35.9 Å². The Balaban J connectivity index is 2.20. The number of halogens is 1. The van der Waals surface area contributed by atoms with E-state index in [4.69, 9.17) is 22.1 Å². The van der Waals surface area contributed by atoms with E-state index in [1.54, 1.807) is 25.3 Å². The summed E-state index contributed by atoms with van der Waals surface area (Å²) in [5.41, 5.74) is 7.22. The Morgan fingerprint density at radius 3 is 2.74 bits per heavy atom. The Labute approximate surface area is 119 Å². The maximum absolute atomic E-state index is 12.3. The van der Waals surface area contributed by atoms with Crippen molar-refractivity contribution in [2.45, 2.75) is 10.6 Å². The number of hydrogen-bond acceptors (Lipinski definition) is 3. The molecule has 1 atom stereocenters. The quantitative estimate of drug-likeness (QED) is 0.881. The first kappa shape index (κ1) is 13.9. The zero-order valence-electron chi connectivity index (χ0n) is 10.4. The van der Waals surface area contributed by atoms with E-state index < -0.39 is 10.8 Å². The zero-order chi connectivity index (χ0) is 13.8. The minimum absolute atomic E-state index is 0.392. The van der Waals surface area contributed by atoms with E-state index in [1.807, 2.05) is 24.3 Å². The number of rotatable bonds is 4. The van der Waals surface area contributed by atoms with Crippen molar-refractivity contribution < 1.29 is 8.95 Å². The van der Waals surface area contributed by atoms with E-state index in [-0.39, 0.29) is 0 Å². The third-order valence-electron chi connectivity index (χ3n) is 2.65. The SMILES string of the molecule is COc1cccc(CS(=O)c2ccc(Cl)cc2N)c1. The van der Waals surface area contributed by atoms with Gasteiger partial charge >= 0.3 is 0 Å². The molecule has 19 heavy (non-hydrogen) atoms. The number of methoxy groups -OCH3 is 1. The van der Waals surface area contributed by atoms with Gasteiger partial charge in [-0.15, -0.1) is 0 Å². The lowest BCUT2D eigenvalue weighted by molar-refractivity contribution is 0.414. The van der Waals surface area contributed by atoms with Crippen LogP contribution in [-0.4, -0.2) is 11.3 Å². The molecule has 0 amide bonds. The van der Waals surface area contributed by atoms with E-state index in [2.05, 4.69) is 0 Å². The predicted molar refractivity (Wildman–Crippen MR) is 79.0 cm³/mol. The molecule has 0 saturated carbocycles. The van der Waals surface area contributed by atoms with Gasteiger partial charge in [-0.25, -0.2) is 0 Å². The molecule has 2 aromatic rings. The van der Waals surface area contributed by atoms with Crippen molar-refractivity contribution in [3.05, 3.63) is 53.1 Å². The Hall–Kier alpha value is -1.52. The maximum Gasteiger partial charge on any atom is 0.119 e. The van der Waals surface area contributed by atoms with Crippen LogP contribution < -0.4 is 10.5 Å². The summed E-state index contributed by atoms with van der Waals surface area (Å²) < 4.78 is 17.4. The van der Waals surface area contributed by atoms with Crippen LogP contribution in [0.25, 0.3) is 0 Å². The fourth-order valence-electron chi connectivity index (χ4n) is 1.72. The molecule has 2 rings (SSSR count). The number of hydrogen-bond donors (Lipinski definition) is 1. The molecular weight excluding hydrogens is 282 g/mol. The van der Waals surface area contributed by atoms with Crippen LogP contribution in [0.4, 0.5) is 5.69 Å². The van der Waals surface area contributed by atoms with Gasteiger partial charge in [0.05, 0.1) is 28.6 Å². The van der Waals surface area contributed by atoms with Crippen molar-refractivity contribution in [2.75, 3.05) is 12.8 Å². The number of ether oxygens (including phenoxy) is 1. The molecule has 0 radical (unpaired) electrons. The van der Waals surface area contributed by atoms with E-state index in [1.165, 1.54) is 0 Å². The van der Waals surface area contributed by atoms with Gasteiger partial charge in [0.25, 0.3) is 0 Å². The first-order valence-electron chi connectivity index (χ1n) is 5.66. The molecule has 1 unspecified atom stereocenters. The highest BCUT2D eigenvalue weighted by atomic mass is 35.5. The third kappa shape index (κ3) is 3.49. The molecule has 0 aromatic heterocycles. The summed E-state index contributed by atoms with van der Waals surface area (Å²) in [6, 6.07) is 12.5. The minimum Gasteiger partial charge on any atom is -0.497 e. The smallest absolute Gasteiger partial charge is 0.119 e. The van der Waals surface area contributed by atoms with Crippen LogP contribution in [0.3, 0.4) is 0 Å². The molecular formula is C14H14ClNO2S. The van der Waals surface area contributed by atoms with Gasteiger partial charge in [0.15, 0.2) is 0 Å². The van der Waals surface area contributed by atoms with Crippen LogP contribution in [0.5, 0.6) is 5.75 Å². The molecule has 0 saturated heterocycles. The standard InChI is InChI=1S/C14H14ClNO2S/c1-18-12-4-2-3-10(7-12)9-19(17)14-6-5-11(15)8-13(14)16/h2-8H,9,16H2,1H3. The molecule has 0 bridgehead atoms. The van der Waals surface area contributed by atoms with Crippen LogP contribution >= 0.6 is 11.6 Å². The Morgan fingerprint density at radius 1 is 1.26 bits per heavy atom. The molecule has 0 fully saturated rings. The van der Waals surface area contributed by atoms with Gasteiger partial charge in [0.1, 0.15) is 5.75 Å². The van der Waals surface area contributed by atoms with Gasteiger partial charge in [-0.2, -0.15) is 0 Å². The maximum atomic E-state index is 12.3. The molecule has 5 heteroatoms. The average Bonchev–Trinajstić information content (AvgIpc) is 2.38. The second-order valence-electron chi connectivity index (χ2n) is 4.02. The van der Waals surface area contributed by atoms with Crippen molar-refractivity contribution in [2.24, 2.45) is 0 Å². The molecule has 0 heterocycles. The van der Waals surface area contributed by atoms with Crippen LogP contribution in [0.2, 0.25) is 5.02 Å². The summed E-state index contributed by atoms with van der Waals surface area (Å²) >= 11 is 5.83. The normalized spacial score (nSPS) is 12.1. The van der Waals surface area contributed by atoms with Crippen LogP contribution in [0.15, 0.2) is 47.4 Å². The number of nitrogens with two attached hydrogens (primary N) is 1. The third-order valence-corrected chi connectivity index (χ3v) is 4.34. The van der Waals surface area contributed by atoms with Gasteiger partial charge < -0.3 is 10.5 Å². The molecule has 0 aliphatic heterocycles. The second kappa shape index (κ2) is 6.08. The highest BCUT2D eigenvalue weighted by Gasteiger charge is 2.09. The highest BCUT2D eigenvalue weighted by molar-refractivity contribution is 7.84. The summed E-state index contributed by atoms with van der Waals surface area (Å²) in [6.45, 7) is 0. The highest BCUT2D eigenvalue weighted by Crippen LogP contribution is 2.23. The summed E-state index contributed by atoms with van der Waals surface area (Å²) in [6.07, 6.45) is 0. The molecule has 0 aliphatic rings. The summed E-state index contributed by atoms with van der Waals surface area (Å²) in [5.74, 6) is 1.14. The molecule has 100 valence electrons. The monoisotopic (exact) mass is 295 g/mol. The van der Waals surface area contributed by atoms with Gasteiger partial charge in [-0.3, -0.25) is 4.21 Å². The summed E-state index contributed by atoms with van der Waals surface area (Å²) in [5, 5.41) is 0.541. The van der Waals surface area contributed by atoms with Crippen LogP contribution in [0, 0.1) is 0 Å². The number of nitrogen functional groups attached to an aromatic ring is 1. The Morgan fingerprint density at radius 2 is 2.05 bits per heavy atom. The first-order valence-corrected chi connectivity index (χ1v) is 7.36. The number of benzene rings is 2. The molecule has 2 N–H and O–H groups in total. The van der Waals surface area contributed by atoms with E-state index in [0.29, 0.717) is 21.4 Å². The lowest BCUT2D eigenvalue weighted by Gasteiger charge is -2.07. The van der Waals surface area contributed by atoms with Crippen molar-refractivity contribution in [1.29, 1.82) is 0 Å². The number of anilines is 1. The average molecular weight is 296 g/mol. The lowest BCUT2D eigenvalue weighted by Crippen LogP contribution is -2.01. The van der Waals surface area contributed by atoms with Crippen LogP contribution in [-0.2, 0) is 16.6 Å². The Bertz CT molecular complexity index is 616. The van der Waals surface area contributed by atoms with E-state index in [9.17, 15) is 4.21 Å². The van der Waals surface area contributed by atoms with E-state index >= 15 is 0 Å². The topological polar surface area (TPSA) is 52.3 Å². The van der Waals surface area contributed by atoms with E-state index in [0.717, 1.165) is 11.3 Å². The first-order chi connectivity index (χ1) is 9.10. The second-order valence-corrected chi connectivity index (χ2v) is 5.88. The van der Waals surface area contributed by atoms with Gasteiger partial charge in [-0.1, -0.05) is 23.7 Å². The zero-order valence-corrected chi connectivity index (χ0v) is 12.0. The van der Waals surface area contributed by atoms with Gasteiger partial charge in [0.2, 0.25) is 0 Å². The van der Waals surface area contributed by atoms with Crippen molar-refractivity contribution in [3.63, 3.8) is 0 Å². The molecule has 0 spiro atoms. The summed E-state index contributed by atoms with van der Waals surface area (Å²) in [4.78, 5) is 0.604. The minimum atomic E-state index is -1.20. The fraction of sp³-hybridized carbons (Fsp3) is 0.143. The van der Waals surface area contributed by atoms with Crippen molar-refractivity contribution >= 4 is 28.1 Å². The van der Waals surface area contributed by atoms with Gasteiger partial charge in [0, 0.05) is 10.7 Å². The predicted octanol–water partition coefficient (Wildman–Crippen LogP) is 3.24. The molecule has 3 nitrogen and oxygen atoms in total. The summed E-state index contributed by atoms with van der Waals surface area (Å²) in [7, 11) is 0.401.